The lowest BCUT2D eigenvalue weighted by atomic mass is 10.0. The predicted molar refractivity (Wildman–Crippen MR) is 114 cm³/mol. The number of hydrogen-bond acceptors (Lipinski definition) is 5. The van der Waals surface area contributed by atoms with Crippen molar-refractivity contribution in [3.63, 3.8) is 0 Å². The highest BCUT2D eigenvalue weighted by Crippen LogP contribution is 2.51. The van der Waals surface area contributed by atoms with Crippen molar-refractivity contribution in [2.24, 2.45) is 0 Å². The molecule has 0 amide bonds. The molecule has 142 valence electrons. The van der Waals surface area contributed by atoms with E-state index >= 15 is 0 Å². The second-order valence-electron chi connectivity index (χ2n) is 8.21. The summed E-state index contributed by atoms with van der Waals surface area (Å²) in [5.74, 6) is 0.963. The van der Waals surface area contributed by atoms with Crippen LogP contribution in [0.4, 0.5) is 17.2 Å². The number of furan rings is 1. The van der Waals surface area contributed by atoms with Gasteiger partial charge >= 0.3 is 0 Å². The van der Waals surface area contributed by atoms with Crippen LogP contribution in [0.15, 0.2) is 53.2 Å². The van der Waals surface area contributed by atoms with E-state index in [9.17, 15) is 0 Å². The molecule has 28 heavy (non-hydrogen) atoms. The Morgan fingerprint density at radius 1 is 0.964 bits per heavy atom. The van der Waals surface area contributed by atoms with Crippen molar-refractivity contribution in [1.82, 2.24) is 9.97 Å². The predicted octanol–water partition coefficient (Wildman–Crippen LogP) is 5.79. The van der Waals surface area contributed by atoms with Crippen LogP contribution in [0.3, 0.4) is 0 Å². The van der Waals surface area contributed by atoms with Crippen molar-refractivity contribution in [3.05, 3.63) is 54.4 Å². The molecular weight excluding hydrogens is 348 g/mol. The summed E-state index contributed by atoms with van der Waals surface area (Å²) < 4.78 is 6.28. The lowest BCUT2D eigenvalue weighted by molar-refractivity contribution is 0.456. The van der Waals surface area contributed by atoms with Gasteiger partial charge in [-0.05, 0) is 64.4 Å². The first-order valence-electron chi connectivity index (χ1n) is 9.72. The van der Waals surface area contributed by atoms with Crippen LogP contribution in [0.2, 0.25) is 0 Å². The fourth-order valence-corrected chi connectivity index (χ4v) is 4.74. The standard InChI is InChI=1S/C23H24N4O/c1-14(2)26-18-9-7-12-24-21(18)27(23(26,4)5)19-15(3)10-11-16-17-8-6-13-25-22(17)28-20(16)19/h6-14H,1-5H3. The molecule has 0 aliphatic carbocycles. The average molecular weight is 372 g/mol. The lowest BCUT2D eigenvalue weighted by Crippen LogP contribution is -2.53. The van der Waals surface area contributed by atoms with Gasteiger partial charge in [0.1, 0.15) is 5.66 Å². The molecule has 4 aromatic rings. The molecule has 5 nitrogen and oxygen atoms in total. The average Bonchev–Trinajstić information content (AvgIpc) is 3.13. The number of fused-ring (bicyclic) bond motifs is 4. The van der Waals surface area contributed by atoms with Gasteiger partial charge in [-0.1, -0.05) is 12.1 Å². The monoisotopic (exact) mass is 372 g/mol. The highest BCUT2D eigenvalue weighted by Gasteiger charge is 2.46. The Morgan fingerprint density at radius 2 is 1.71 bits per heavy atom. The lowest BCUT2D eigenvalue weighted by Gasteiger charge is -2.42. The van der Waals surface area contributed by atoms with Gasteiger partial charge in [0.15, 0.2) is 11.4 Å². The largest absolute Gasteiger partial charge is 0.435 e. The zero-order valence-electron chi connectivity index (χ0n) is 16.9. The summed E-state index contributed by atoms with van der Waals surface area (Å²) in [6.45, 7) is 11.1. The van der Waals surface area contributed by atoms with E-state index in [2.05, 4.69) is 73.7 Å². The molecule has 1 aliphatic heterocycles. The van der Waals surface area contributed by atoms with Gasteiger partial charge in [0.2, 0.25) is 5.71 Å². The molecule has 0 bridgehead atoms. The number of anilines is 3. The Kier molecular flexibility index (Phi) is 3.48. The van der Waals surface area contributed by atoms with Crippen LogP contribution in [0.25, 0.3) is 22.1 Å². The van der Waals surface area contributed by atoms with Gasteiger partial charge in [-0.3, -0.25) is 4.90 Å². The molecule has 0 fully saturated rings. The molecule has 3 aromatic heterocycles. The molecule has 4 heterocycles. The number of pyridine rings is 2. The van der Waals surface area contributed by atoms with Crippen molar-refractivity contribution in [1.29, 1.82) is 0 Å². The Balaban J connectivity index is 1.86. The van der Waals surface area contributed by atoms with Gasteiger partial charge in [-0.15, -0.1) is 0 Å². The maximum Gasteiger partial charge on any atom is 0.227 e. The molecule has 0 radical (unpaired) electrons. The van der Waals surface area contributed by atoms with E-state index < -0.39 is 0 Å². The molecule has 0 unspecified atom stereocenters. The number of aromatic nitrogens is 2. The summed E-state index contributed by atoms with van der Waals surface area (Å²) in [7, 11) is 0. The summed E-state index contributed by atoms with van der Waals surface area (Å²) in [6, 6.07) is 12.8. The van der Waals surface area contributed by atoms with Crippen molar-refractivity contribution in [3.8, 4) is 0 Å². The van der Waals surface area contributed by atoms with E-state index in [0.717, 1.165) is 39.1 Å². The number of rotatable bonds is 2. The van der Waals surface area contributed by atoms with Gasteiger partial charge in [0.25, 0.3) is 0 Å². The van der Waals surface area contributed by atoms with Gasteiger partial charge in [-0.2, -0.15) is 0 Å². The van der Waals surface area contributed by atoms with Gasteiger partial charge in [-0.25, -0.2) is 9.97 Å². The van der Waals surface area contributed by atoms with Crippen LogP contribution >= 0.6 is 0 Å². The van der Waals surface area contributed by atoms with Crippen LogP contribution in [-0.2, 0) is 0 Å². The van der Waals surface area contributed by atoms with E-state index in [-0.39, 0.29) is 5.66 Å². The summed E-state index contributed by atoms with van der Waals surface area (Å²) in [5.41, 5.74) is 4.60. The van der Waals surface area contributed by atoms with Crippen LogP contribution in [0, 0.1) is 6.92 Å². The third-order valence-electron chi connectivity index (χ3n) is 5.71. The van der Waals surface area contributed by atoms with Crippen LogP contribution in [0.1, 0.15) is 33.3 Å². The number of aryl methyl sites for hydroxylation is 1. The number of benzene rings is 1. The first kappa shape index (κ1) is 17.0. The quantitative estimate of drug-likeness (QED) is 0.446. The van der Waals surface area contributed by atoms with E-state index in [0.29, 0.717) is 11.8 Å². The molecule has 0 saturated heterocycles. The minimum atomic E-state index is -0.295. The van der Waals surface area contributed by atoms with E-state index in [1.807, 2.05) is 18.3 Å². The summed E-state index contributed by atoms with van der Waals surface area (Å²) >= 11 is 0. The molecule has 0 spiro atoms. The van der Waals surface area contributed by atoms with Crippen molar-refractivity contribution in [2.75, 3.05) is 9.80 Å². The van der Waals surface area contributed by atoms with Crippen LogP contribution in [-0.4, -0.2) is 21.7 Å². The first-order chi connectivity index (χ1) is 13.4. The highest BCUT2D eigenvalue weighted by atomic mass is 16.3. The fraction of sp³-hybridized carbons (Fsp3) is 0.304. The Hall–Kier alpha value is -3.08. The molecule has 1 aliphatic rings. The maximum absolute atomic E-state index is 6.28. The third kappa shape index (κ3) is 2.13. The maximum atomic E-state index is 6.28. The van der Waals surface area contributed by atoms with Gasteiger partial charge in [0, 0.05) is 29.2 Å². The fourth-order valence-electron chi connectivity index (χ4n) is 4.74. The number of hydrogen-bond donors (Lipinski definition) is 0. The Bertz CT molecular complexity index is 1210. The van der Waals surface area contributed by atoms with E-state index in [1.165, 1.54) is 0 Å². The molecule has 0 atom stereocenters. The minimum Gasteiger partial charge on any atom is -0.435 e. The zero-order valence-corrected chi connectivity index (χ0v) is 16.9. The smallest absolute Gasteiger partial charge is 0.227 e. The summed E-state index contributed by atoms with van der Waals surface area (Å²) in [5, 5.41) is 2.12. The van der Waals surface area contributed by atoms with Crippen LogP contribution in [0.5, 0.6) is 0 Å². The van der Waals surface area contributed by atoms with Gasteiger partial charge in [0.05, 0.1) is 11.4 Å². The highest BCUT2D eigenvalue weighted by molar-refractivity contribution is 6.09. The molecule has 0 saturated carbocycles. The van der Waals surface area contributed by atoms with Gasteiger partial charge < -0.3 is 9.32 Å². The molecule has 5 rings (SSSR count). The zero-order chi connectivity index (χ0) is 19.6. The normalized spacial score (nSPS) is 15.8. The third-order valence-corrected chi connectivity index (χ3v) is 5.71. The second kappa shape index (κ2) is 5.71. The van der Waals surface area contributed by atoms with E-state index in [4.69, 9.17) is 9.40 Å². The minimum absolute atomic E-state index is 0.295. The topological polar surface area (TPSA) is 45.4 Å². The number of nitrogens with zero attached hydrogens (tertiary/aromatic N) is 4. The molecule has 0 N–H and O–H groups in total. The molecule has 5 heteroatoms. The second-order valence-corrected chi connectivity index (χ2v) is 8.21. The van der Waals surface area contributed by atoms with Crippen molar-refractivity contribution >= 4 is 39.3 Å². The molecule has 1 aromatic carbocycles. The SMILES string of the molecule is Cc1ccc2c(oc3ncccc32)c1N1c2ncccc2N(C(C)C)C1(C)C. The van der Waals surface area contributed by atoms with Crippen molar-refractivity contribution < 1.29 is 4.42 Å². The summed E-state index contributed by atoms with van der Waals surface area (Å²) in [6.07, 6.45) is 3.63. The molecular formula is C23H24N4O. The van der Waals surface area contributed by atoms with E-state index in [1.54, 1.807) is 6.20 Å². The van der Waals surface area contributed by atoms with Crippen LogP contribution < -0.4 is 9.80 Å². The van der Waals surface area contributed by atoms with Crippen molar-refractivity contribution in [2.45, 2.75) is 46.3 Å². The Labute approximate surface area is 164 Å². The summed E-state index contributed by atoms with van der Waals surface area (Å²) in [4.78, 5) is 13.9. The first-order valence-corrected chi connectivity index (χ1v) is 9.72. The Morgan fingerprint density at radius 3 is 2.50 bits per heavy atom.